The van der Waals surface area contributed by atoms with Crippen molar-refractivity contribution in [3.8, 4) is 0 Å². The predicted molar refractivity (Wildman–Crippen MR) is 73.3 cm³/mol. The van der Waals surface area contributed by atoms with E-state index in [-0.39, 0.29) is 0 Å². The summed E-state index contributed by atoms with van der Waals surface area (Å²) in [5, 5.41) is 0. The number of aromatic nitrogens is 3. The zero-order chi connectivity index (χ0) is 12.9. The lowest BCUT2D eigenvalue weighted by atomic mass is 9.98. The first-order chi connectivity index (χ1) is 9.43. The molecule has 0 spiro atoms. The van der Waals surface area contributed by atoms with E-state index in [0.29, 0.717) is 6.04 Å². The lowest BCUT2D eigenvalue weighted by molar-refractivity contribution is 0.137. The van der Waals surface area contributed by atoms with Gasteiger partial charge in [-0.15, -0.1) is 0 Å². The Morgan fingerprint density at radius 3 is 2.68 bits per heavy atom. The molecule has 98 valence electrons. The number of likely N-dealkylation sites (tertiary alicyclic amines) is 1. The summed E-state index contributed by atoms with van der Waals surface area (Å²) in [6.07, 6.45) is 10.9. The van der Waals surface area contributed by atoms with Gasteiger partial charge in [-0.05, 0) is 43.1 Å². The summed E-state index contributed by atoms with van der Waals surface area (Å²) in [6.45, 7) is 2.11. The second-order valence-electron chi connectivity index (χ2n) is 4.97. The number of pyridine rings is 1. The summed E-state index contributed by atoms with van der Waals surface area (Å²) in [7, 11) is 0. The minimum atomic E-state index is 0.421. The van der Waals surface area contributed by atoms with Crippen LogP contribution in [0.5, 0.6) is 0 Å². The van der Waals surface area contributed by atoms with Gasteiger partial charge in [0, 0.05) is 25.1 Å². The molecule has 2 aromatic heterocycles. The van der Waals surface area contributed by atoms with Gasteiger partial charge in [-0.25, -0.2) is 9.97 Å². The summed E-state index contributed by atoms with van der Waals surface area (Å²) in [5.74, 6) is 0. The fourth-order valence-corrected chi connectivity index (χ4v) is 2.74. The van der Waals surface area contributed by atoms with Crippen molar-refractivity contribution < 1.29 is 0 Å². The van der Waals surface area contributed by atoms with Crippen LogP contribution in [-0.4, -0.2) is 26.4 Å². The maximum Gasteiger partial charge on any atom is 0.115 e. The first-order valence-electron chi connectivity index (χ1n) is 6.82. The monoisotopic (exact) mass is 254 g/mol. The molecule has 3 rings (SSSR count). The van der Waals surface area contributed by atoms with Crippen LogP contribution < -0.4 is 0 Å². The predicted octanol–water partition coefficient (Wildman–Crippen LogP) is 2.60. The minimum Gasteiger partial charge on any atom is -0.291 e. The molecule has 1 unspecified atom stereocenters. The van der Waals surface area contributed by atoms with Crippen molar-refractivity contribution in [1.29, 1.82) is 0 Å². The van der Waals surface area contributed by atoms with Crippen LogP contribution >= 0.6 is 0 Å². The second-order valence-corrected chi connectivity index (χ2v) is 4.97. The van der Waals surface area contributed by atoms with Gasteiger partial charge in [-0.2, -0.15) is 0 Å². The van der Waals surface area contributed by atoms with Gasteiger partial charge in [0.1, 0.15) is 6.33 Å². The molecule has 1 fully saturated rings. The third-order valence-electron chi connectivity index (χ3n) is 3.69. The van der Waals surface area contributed by atoms with Gasteiger partial charge in [-0.3, -0.25) is 9.88 Å². The highest BCUT2D eigenvalue weighted by Crippen LogP contribution is 2.30. The van der Waals surface area contributed by atoms with E-state index in [1.54, 1.807) is 6.33 Å². The summed E-state index contributed by atoms with van der Waals surface area (Å²) in [5.41, 5.74) is 2.46. The molecule has 1 atom stereocenters. The maximum atomic E-state index is 4.43. The molecule has 0 N–H and O–H groups in total. The molecular weight excluding hydrogens is 236 g/mol. The lowest BCUT2D eigenvalue weighted by Gasteiger charge is -2.35. The molecule has 4 nitrogen and oxygen atoms in total. The van der Waals surface area contributed by atoms with Crippen molar-refractivity contribution in [2.75, 3.05) is 6.54 Å². The Morgan fingerprint density at radius 2 is 1.89 bits per heavy atom. The molecule has 1 aliphatic heterocycles. The van der Waals surface area contributed by atoms with Crippen LogP contribution in [0.3, 0.4) is 0 Å². The topological polar surface area (TPSA) is 41.9 Å². The largest absolute Gasteiger partial charge is 0.291 e. The molecule has 0 aliphatic carbocycles. The lowest BCUT2D eigenvalue weighted by Crippen LogP contribution is -2.33. The van der Waals surface area contributed by atoms with Gasteiger partial charge >= 0.3 is 0 Å². The quantitative estimate of drug-likeness (QED) is 0.844. The summed E-state index contributed by atoms with van der Waals surface area (Å²) in [4.78, 5) is 15.0. The molecule has 3 heterocycles. The number of rotatable bonds is 3. The van der Waals surface area contributed by atoms with Crippen LogP contribution in [0.4, 0.5) is 0 Å². The van der Waals surface area contributed by atoms with Gasteiger partial charge in [0.2, 0.25) is 0 Å². The fourth-order valence-electron chi connectivity index (χ4n) is 2.74. The number of piperidine rings is 1. The highest BCUT2D eigenvalue weighted by atomic mass is 15.2. The first kappa shape index (κ1) is 12.2. The molecule has 1 saturated heterocycles. The minimum absolute atomic E-state index is 0.421. The van der Waals surface area contributed by atoms with Crippen LogP contribution in [0.2, 0.25) is 0 Å². The molecule has 4 heteroatoms. The Morgan fingerprint density at radius 1 is 1.05 bits per heavy atom. The zero-order valence-electron chi connectivity index (χ0n) is 10.9. The van der Waals surface area contributed by atoms with Crippen LogP contribution in [0, 0.1) is 0 Å². The molecule has 2 aromatic rings. The Labute approximate surface area is 113 Å². The van der Waals surface area contributed by atoms with Crippen LogP contribution in [0.15, 0.2) is 43.1 Å². The van der Waals surface area contributed by atoms with Crippen molar-refractivity contribution in [2.24, 2.45) is 0 Å². The van der Waals surface area contributed by atoms with E-state index in [9.17, 15) is 0 Å². The van der Waals surface area contributed by atoms with Crippen LogP contribution in [0.1, 0.15) is 36.6 Å². The van der Waals surface area contributed by atoms with Crippen molar-refractivity contribution in [2.45, 2.75) is 31.8 Å². The fraction of sp³-hybridized carbons (Fsp3) is 0.400. The molecule has 0 aromatic carbocycles. The Kier molecular flexibility index (Phi) is 3.79. The van der Waals surface area contributed by atoms with Gasteiger partial charge in [0.25, 0.3) is 0 Å². The van der Waals surface area contributed by atoms with Crippen LogP contribution in [-0.2, 0) is 6.54 Å². The Hall–Kier alpha value is -1.81. The maximum absolute atomic E-state index is 4.43. The van der Waals surface area contributed by atoms with Crippen molar-refractivity contribution >= 4 is 0 Å². The van der Waals surface area contributed by atoms with Crippen molar-refractivity contribution in [3.05, 3.63) is 54.4 Å². The SMILES string of the molecule is c1cc(CN2CCCCC2c2ccncn2)ccn1. The van der Waals surface area contributed by atoms with E-state index >= 15 is 0 Å². The van der Waals surface area contributed by atoms with E-state index < -0.39 is 0 Å². The van der Waals surface area contributed by atoms with Crippen molar-refractivity contribution in [1.82, 2.24) is 19.9 Å². The molecule has 1 aliphatic rings. The highest BCUT2D eigenvalue weighted by Gasteiger charge is 2.24. The first-order valence-corrected chi connectivity index (χ1v) is 6.82. The number of hydrogen-bond donors (Lipinski definition) is 0. The second kappa shape index (κ2) is 5.89. The van der Waals surface area contributed by atoms with Gasteiger partial charge in [0.15, 0.2) is 0 Å². The van der Waals surface area contributed by atoms with E-state index in [1.165, 1.54) is 24.8 Å². The summed E-state index contributed by atoms with van der Waals surface area (Å²) >= 11 is 0. The smallest absolute Gasteiger partial charge is 0.115 e. The molecule has 0 bridgehead atoms. The number of hydrogen-bond acceptors (Lipinski definition) is 4. The van der Waals surface area contributed by atoms with Gasteiger partial charge < -0.3 is 0 Å². The molecular formula is C15H18N4. The van der Waals surface area contributed by atoms with Crippen LogP contribution in [0.25, 0.3) is 0 Å². The average Bonchev–Trinajstić information content (AvgIpc) is 2.50. The molecule has 0 amide bonds. The van der Waals surface area contributed by atoms with E-state index in [1.807, 2.05) is 24.7 Å². The average molecular weight is 254 g/mol. The van der Waals surface area contributed by atoms with E-state index in [2.05, 4.69) is 32.0 Å². The number of nitrogens with zero attached hydrogens (tertiary/aromatic N) is 4. The molecule has 19 heavy (non-hydrogen) atoms. The van der Waals surface area contributed by atoms with E-state index in [0.717, 1.165) is 18.8 Å². The summed E-state index contributed by atoms with van der Waals surface area (Å²) < 4.78 is 0. The normalized spacial score (nSPS) is 20.3. The zero-order valence-corrected chi connectivity index (χ0v) is 10.9. The third kappa shape index (κ3) is 2.96. The van der Waals surface area contributed by atoms with Crippen molar-refractivity contribution in [3.63, 3.8) is 0 Å². The Bertz CT molecular complexity index is 500. The standard InChI is InChI=1S/C15H18N4/c1-2-10-19(11-13-4-7-16-8-5-13)15(3-1)14-6-9-17-12-18-14/h4-9,12,15H,1-3,10-11H2. The van der Waals surface area contributed by atoms with Gasteiger partial charge in [-0.1, -0.05) is 6.42 Å². The van der Waals surface area contributed by atoms with Gasteiger partial charge in [0.05, 0.1) is 11.7 Å². The highest BCUT2D eigenvalue weighted by molar-refractivity contribution is 5.12. The Balaban J connectivity index is 1.78. The molecule has 0 radical (unpaired) electrons. The summed E-state index contributed by atoms with van der Waals surface area (Å²) in [6, 6.07) is 6.64. The third-order valence-corrected chi connectivity index (χ3v) is 3.69. The molecule has 0 saturated carbocycles. The van der Waals surface area contributed by atoms with E-state index in [4.69, 9.17) is 0 Å².